The highest BCUT2D eigenvalue weighted by molar-refractivity contribution is 7.09. The smallest absolute Gasteiger partial charge is 0.0640 e. The molecule has 0 aliphatic rings. The van der Waals surface area contributed by atoms with Crippen LogP contribution in [0, 0.1) is 0 Å². The van der Waals surface area contributed by atoms with E-state index in [1.165, 1.54) is 10.4 Å². The van der Waals surface area contributed by atoms with Crippen LogP contribution in [0.3, 0.4) is 0 Å². The van der Waals surface area contributed by atoms with E-state index in [1.807, 2.05) is 6.07 Å². The minimum absolute atomic E-state index is 0.113. The van der Waals surface area contributed by atoms with Gasteiger partial charge in [-0.2, -0.15) is 0 Å². The Balaban J connectivity index is 2.15. The number of aliphatic hydroxyl groups is 1. The number of hydrogen-bond donors (Lipinski definition) is 1. The van der Waals surface area contributed by atoms with Gasteiger partial charge in [0.2, 0.25) is 0 Å². The molecular weight excluding hydrogens is 264 g/mol. The van der Waals surface area contributed by atoms with E-state index in [0.29, 0.717) is 0 Å². The molecule has 1 unspecified atom stereocenters. The van der Waals surface area contributed by atoms with E-state index in [2.05, 4.69) is 55.6 Å². The Morgan fingerprint density at radius 3 is 2.30 bits per heavy atom. The topological polar surface area (TPSA) is 20.2 Å². The normalized spacial score (nSPS) is 13.3. The summed E-state index contributed by atoms with van der Waals surface area (Å²) in [6, 6.07) is 14.7. The predicted molar refractivity (Wildman–Crippen MR) is 87.3 cm³/mol. The maximum absolute atomic E-state index is 10.8. The van der Waals surface area contributed by atoms with Crippen molar-refractivity contribution in [2.45, 2.75) is 51.0 Å². The van der Waals surface area contributed by atoms with Crippen molar-refractivity contribution < 1.29 is 5.11 Å². The molecule has 0 aliphatic carbocycles. The van der Waals surface area contributed by atoms with Gasteiger partial charge in [-0.3, -0.25) is 0 Å². The molecular formula is C18H24OS. The number of hydrogen-bond acceptors (Lipinski definition) is 2. The zero-order valence-corrected chi connectivity index (χ0v) is 13.2. The van der Waals surface area contributed by atoms with Gasteiger partial charge >= 0.3 is 0 Å². The van der Waals surface area contributed by atoms with Gasteiger partial charge in [-0.05, 0) is 42.7 Å². The van der Waals surface area contributed by atoms with Crippen molar-refractivity contribution in [1.82, 2.24) is 0 Å². The SMILES string of the molecule is CCC(CC)(c1ccccc1)C(O)CCc1cccs1. The van der Waals surface area contributed by atoms with Crippen LogP contribution < -0.4 is 0 Å². The summed E-state index contributed by atoms with van der Waals surface area (Å²) in [5.74, 6) is 0. The second kappa shape index (κ2) is 7.05. The summed E-state index contributed by atoms with van der Waals surface area (Å²) in [5, 5.41) is 12.9. The van der Waals surface area contributed by atoms with E-state index >= 15 is 0 Å². The van der Waals surface area contributed by atoms with Crippen LogP contribution >= 0.6 is 11.3 Å². The molecule has 0 fully saturated rings. The molecule has 108 valence electrons. The summed E-state index contributed by atoms with van der Waals surface area (Å²) in [6.45, 7) is 4.37. The van der Waals surface area contributed by atoms with Gasteiger partial charge < -0.3 is 5.11 Å². The van der Waals surface area contributed by atoms with Crippen molar-refractivity contribution in [2.24, 2.45) is 0 Å². The fourth-order valence-electron chi connectivity index (χ4n) is 3.10. The Labute approximate surface area is 126 Å². The van der Waals surface area contributed by atoms with Gasteiger partial charge in [0, 0.05) is 10.3 Å². The van der Waals surface area contributed by atoms with E-state index in [0.717, 1.165) is 25.7 Å². The van der Waals surface area contributed by atoms with Crippen LogP contribution in [0.2, 0.25) is 0 Å². The zero-order chi connectivity index (χ0) is 14.4. The minimum Gasteiger partial charge on any atom is -0.392 e. The lowest BCUT2D eigenvalue weighted by molar-refractivity contribution is 0.0660. The van der Waals surface area contributed by atoms with Crippen molar-refractivity contribution >= 4 is 11.3 Å². The first kappa shape index (κ1) is 15.3. The molecule has 1 N–H and O–H groups in total. The number of benzene rings is 1. The molecule has 1 heterocycles. The van der Waals surface area contributed by atoms with Crippen molar-refractivity contribution in [3.63, 3.8) is 0 Å². The highest BCUT2D eigenvalue weighted by Gasteiger charge is 2.35. The summed E-state index contributed by atoms with van der Waals surface area (Å²) in [4.78, 5) is 1.36. The molecule has 2 aromatic rings. The minimum atomic E-state index is -0.290. The molecule has 1 nitrogen and oxygen atoms in total. The first-order valence-electron chi connectivity index (χ1n) is 7.49. The molecule has 0 saturated heterocycles. The van der Waals surface area contributed by atoms with Crippen LogP contribution in [-0.4, -0.2) is 11.2 Å². The molecule has 0 bridgehead atoms. The second-order valence-electron chi connectivity index (χ2n) is 5.36. The Hall–Kier alpha value is -1.12. The van der Waals surface area contributed by atoms with Crippen molar-refractivity contribution in [3.8, 4) is 0 Å². The van der Waals surface area contributed by atoms with Crippen LogP contribution in [0.25, 0.3) is 0 Å². The van der Waals surface area contributed by atoms with Crippen LogP contribution in [0.5, 0.6) is 0 Å². The summed E-state index contributed by atoms with van der Waals surface area (Å²) in [7, 11) is 0. The number of aliphatic hydroxyl groups excluding tert-OH is 1. The number of rotatable bonds is 7. The summed E-state index contributed by atoms with van der Waals surface area (Å²) >= 11 is 1.78. The lowest BCUT2D eigenvalue weighted by Gasteiger charge is -2.37. The quantitative estimate of drug-likeness (QED) is 0.776. The number of aryl methyl sites for hydroxylation is 1. The van der Waals surface area contributed by atoms with Gasteiger partial charge in [0.05, 0.1) is 6.10 Å². The van der Waals surface area contributed by atoms with E-state index in [-0.39, 0.29) is 11.5 Å². The lowest BCUT2D eigenvalue weighted by Crippen LogP contribution is -2.39. The molecule has 0 amide bonds. The standard InChI is InChI=1S/C18H24OS/c1-3-18(4-2,15-9-6-5-7-10-15)17(19)13-12-16-11-8-14-20-16/h5-11,14,17,19H,3-4,12-13H2,1-2H3. The Bertz CT molecular complexity index is 485. The van der Waals surface area contributed by atoms with Crippen molar-refractivity contribution in [3.05, 3.63) is 58.3 Å². The third-order valence-electron chi connectivity index (χ3n) is 4.49. The fourth-order valence-corrected chi connectivity index (χ4v) is 3.83. The highest BCUT2D eigenvalue weighted by Crippen LogP contribution is 2.37. The molecule has 1 aromatic carbocycles. The maximum Gasteiger partial charge on any atom is 0.0640 e. The Kier molecular flexibility index (Phi) is 5.38. The van der Waals surface area contributed by atoms with Gasteiger partial charge in [-0.1, -0.05) is 50.2 Å². The first-order chi connectivity index (χ1) is 9.73. The summed E-state index contributed by atoms with van der Waals surface area (Å²) in [6.07, 6.45) is 3.45. The largest absolute Gasteiger partial charge is 0.392 e. The van der Waals surface area contributed by atoms with E-state index in [4.69, 9.17) is 0 Å². The summed E-state index contributed by atoms with van der Waals surface area (Å²) in [5.41, 5.74) is 1.15. The molecule has 0 spiro atoms. The van der Waals surface area contributed by atoms with Gasteiger partial charge in [0.15, 0.2) is 0 Å². The molecule has 0 radical (unpaired) electrons. The molecule has 0 aliphatic heterocycles. The van der Waals surface area contributed by atoms with Crippen LogP contribution in [0.15, 0.2) is 47.8 Å². The van der Waals surface area contributed by atoms with E-state index in [1.54, 1.807) is 11.3 Å². The lowest BCUT2D eigenvalue weighted by atomic mass is 9.70. The Morgan fingerprint density at radius 1 is 1.05 bits per heavy atom. The zero-order valence-electron chi connectivity index (χ0n) is 12.4. The van der Waals surface area contributed by atoms with Gasteiger partial charge in [-0.25, -0.2) is 0 Å². The predicted octanol–water partition coefficient (Wildman–Crippen LogP) is 4.80. The van der Waals surface area contributed by atoms with Crippen LogP contribution in [0.1, 0.15) is 43.6 Å². The van der Waals surface area contributed by atoms with Crippen LogP contribution in [0.4, 0.5) is 0 Å². The van der Waals surface area contributed by atoms with E-state index in [9.17, 15) is 5.11 Å². The van der Waals surface area contributed by atoms with Gasteiger partial charge in [-0.15, -0.1) is 11.3 Å². The first-order valence-corrected chi connectivity index (χ1v) is 8.37. The average Bonchev–Trinajstić information content (AvgIpc) is 3.01. The van der Waals surface area contributed by atoms with Gasteiger partial charge in [0.1, 0.15) is 0 Å². The molecule has 0 saturated carbocycles. The fraction of sp³-hybridized carbons (Fsp3) is 0.444. The molecule has 1 atom stereocenters. The van der Waals surface area contributed by atoms with Crippen molar-refractivity contribution in [1.29, 1.82) is 0 Å². The molecule has 2 rings (SSSR count). The summed E-state index contributed by atoms with van der Waals surface area (Å²) < 4.78 is 0. The second-order valence-corrected chi connectivity index (χ2v) is 6.40. The average molecular weight is 288 g/mol. The van der Waals surface area contributed by atoms with Crippen molar-refractivity contribution in [2.75, 3.05) is 0 Å². The van der Waals surface area contributed by atoms with Crippen LogP contribution in [-0.2, 0) is 11.8 Å². The third kappa shape index (κ3) is 3.13. The highest BCUT2D eigenvalue weighted by atomic mass is 32.1. The monoisotopic (exact) mass is 288 g/mol. The third-order valence-corrected chi connectivity index (χ3v) is 5.43. The van der Waals surface area contributed by atoms with Gasteiger partial charge in [0.25, 0.3) is 0 Å². The maximum atomic E-state index is 10.8. The molecule has 20 heavy (non-hydrogen) atoms. The van der Waals surface area contributed by atoms with E-state index < -0.39 is 0 Å². The molecule has 1 aromatic heterocycles. The Morgan fingerprint density at radius 2 is 1.75 bits per heavy atom. The molecule has 2 heteroatoms. The number of thiophene rings is 1.